The van der Waals surface area contributed by atoms with E-state index in [2.05, 4.69) is 15.5 Å². The first-order chi connectivity index (χ1) is 15.0. The third-order valence-electron chi connectivity index (χ3n) is 7.00. The summed E-state index contributed by atoms with van der Waals surface area (Å²) in [5, 5.41) is 6.43. The van der Waals surface area contributed by atoms with Crippen LogP contribution in [0.3, 0.4) is 0 Å². The largest absolute Gasteiger partial charge is 0.380 e. The Balaban J connectivity index is 1.25. The lowest BCUT2D eigenvalue weighted by molar-refractivity contribution is -0.126. The molecule has 1 aliphatic heterocycles. The van der Waals surface area contributed by atoms with Gasteiger partial charge in [-0.15, -0.1) is 0 Å². The van der Waals surface area contributed by atoms with Crippen molar-refractivity contribution in [2.75, 3.05) is 29.9 Å². The second kappa shape index (κ2) is 9.67. The molecule has 0 unspecified atom stereocenters. The van der Waals surface area contributed by atoms with Crippen LogP contribution in [-0.4, -0.2) is 25.5 Å². The molecule has 166 valence electrons. The molecule has 1 heterocycles. The van der Waals surface area contributed by atoms with Gasteiger partial charge in [0.1, 0.15) is 11.4 Å². The topological polar surface area (TPSA) is 78.5 Å². The Bertz CT molecular complexity index is 950. The van der Waals surface area contributed by atoms with Gasteiger partial charge in [0.05, 0.1) is 6.04 Å². The molecular weight excluding hydrogens is 390 g/mol. The van der Waals surface area contributed by atoms with Gasteiger partial charge in [0.2, 0.25) is 5.91 Å². The summed E-state index contributed by atoms with van der Waals surface area (Å²) in [4.78, 5) is 39.0. The highest BCUT2D eigenvalue weighted by atomic mass is 16.2. The fourth-order valence-corrected chi connectivity index (χ4v) is 4.99. The Morgan fingerprint density at radius 1 is 1.00 bits per heavy atom. The molecule has 31 heavy (non-hydrogen) atoms. The molecule has 1 atom stereocenters. The van der Waals surface area contributed by atoms with E-state index in [-0.39, 0.29) is 28.7 Å². The smallest absolute Gasteiger partial charge is 0.253 e. The summed E-state index contributed by atoms with van der Waals surface area (Å²) in [6.07, 6.45) is 6.99. The van der Waals surface area contributed by atoms with E-state index in [1.807, 2.05) is 37.3 Å². The van der Waals surface area contributed by atoms with E-state index in [4.69, 9.17) is 0 Å². The third-order valence-corrected chi connectivity index (χ3v) is 7.00. The molecule has 0 radical (unpaired) electrons. The Kier molecular flexibility index (Phi) is 6.73. The van der Waals surface area contributed by atoms with Gasteiger partial charge in [-0.1, -0.05) is 30.3 Å². The van der Waals surface area contributed by atoms with E-state index in [9.17, 15) is 14.4 Å². The molecule has 1 amide bonds. The summed E-state index contributed by atoms with van der Waals surface area (Å²) in [5.41, 5.74) is 1.53. The minimum absolute atomic E-state index is 0.00963. The average molecular weight is 424 g/mol. The van der Waals surface area contributed by atoms with Crippen molar-refractivity contribution < 1.29 is 4.79 Å². The minimum atomic E-state index is -0.372. The highest BCUT2D eigenvalue weighted by Gasteiger charge is 2.30. The van der Waals surface area contributed by atoms with E-state index in [0.717, 1.165) is 57.2 Å². The van der Waals surface area contributed by atoms with Gasteiger partial charge in [-0.25, -0.2) is 0 Å². The lowest BCUT2D eigenvalue weighted by Gasteiger charge is -2.32. The molecule has 1 aliphatic carbocycles. The number of amides is 1. The molecule has 0 spiro atoms. The van der Waals surface area contributed by atoms with Gasteiger partial charge < -0.3 is 15.5 Å². The van der Waals surface area contributed by atoms with Crippen molar-refractivity contribution in [1.29, 1.82) is 0 Å². The second-order valence-electron chi connectivity index (χ2n) is 9.17. The number of piperidine rings is 1. The van der Waals surface area contributed by atoms with Crippen molar-refractivity contribution in [3.8, 4) is 0 Å². The predicted molar refractivity (Wildman–Crippen MR) is 124 cm³/mol. The Hall–Kier alpha value is -2.63. The Morgan fingerprint density at radius 2 is 1.68 bits per heavy atom. The summed E-state index contributed by atoms with van der Waals surface area (Å²) in [5.74, 6) is 0.615. The van der Waals surface area contributed by atoms with Crippen LogP contribution in [0.5, 0.6) is 0 Å². The maximum absolute atomic E-state index is 12.7. The van der Waals surface area contributed by atoms with Crippen LogP contribution in [0.4, 0.5) is 11.4 Å². The molecule has 4 rings (SSSR count). The van der Waals surface area contributed by atoms with Crippen molar-refractivity contribution in [2.24, 2.45) is 11.8 Å². The fourth-order valence-electron chi connectivity index (χ4n) is 4.99. The van der Waals surface area contributed by atoms with E-state index >= 15 is 0 Å². The van der Waals surface area contributed by atoms with Crippen LogP contribution < -0.4 is 26.4 Å². The summed E-state index contributed by atoms with van der Waals surface area (Å²) in [6.45, 7) is 4.44. The van der Waals surface area contributed by atoms with Crippen LogP contribution in [0.1, 0.15) is 63.5 Å². The maximum Gasteiger partial charge on any atom is 0.253 e. The summed E-state index contributed by atoms with van der Waals surface area (Å²) >= 11 is 0. The zero-order valence-corrected chi connectivity index (χ0v) is 18.4. The maximum atomic E-state index is 12.7. The zero-order chi connectivity index (χ0) is 21.8. The molecule has 2 fully saturated rings. The fraction of sp³-hybridized carbons (Fsp3) is 0.560. The lowest BCUT2D eigenvalue weighted by Crippen LogP contribution is -2.45. The second-order valence-corrected chi connectivity index (χ2v) is 9.17. The Labute approximate surface area is 183 Å². The monoisotopic (exact) mass is 423 g/mol. The number of nitrogens with one attached hydrogen (secondary N) is 2. The molecule has 2 aromatic carbocycles. The number of nitrogens with zero attached hydrogens (tertiary/aromatic N) is 1. The van der Waals surface area contributed by atoms with Crippen molar-refractivity contribution in [1.82, 2.24) is 5.32 Å². The van der Waals surface area contributed by atoms with Gasteiger partial charge in [0.15, 0.2) is 0 Å². The molecular formula is C25H33N3O3. The first kappa shape index (κ1) is 21.6. The van der Waals surface area contributed by atoms with Gasteiger partial charge in [0, 0.05) is 25.6 Å². The van der Waals surface area contributed by atoms with Crippen LogP contribution in [0, 0.1) is 11.8 Å². The molecule has 0 aromatic heterocycles. The van der Waals surface area contributed by atoms with Crippen molar-refractivity contribution in [3.05, 3.63) is 56.3 Å². The lowest BCUT2D eigenvalue weighted by atomic mass is 9.81. The molecule has 6 nitrogen and oxygen atoms in total. The van der Waals surface area contributed by atoms with E-state index < -0.39 is 0 Å². The van der Waals surface area contributed by atoms with Crippen LogP contribution in [0.2, 0.25) is 0 Å². The quantitative estimate of drug-likeness (QED) is 0.668. The molecule has 2 aliphatic rings. The van der Waals surface area contributed by atoms with Crippen LogP contribution in [0.25, 0.3) is 0 Å². The predicted octanol–water partition coefficient (Wildman–Crippen LogP) is 3.37. The molecule has 2 N–H and O–H groups in total. The normalized spacial score (nSPS) is 22.8. The number of hydrogen-bond donors (Lipinski definition) is 2. The summed E-state index contributed by atoms with van der Waals surface area (Å²) < 4.78 is 0. The highest BCUT2D eigenvalue weighted by molar-refractivity contribution is 5.79. The van der Waals surface area contributed by atoms with Crippen molar-refractivity contribution in [3.63, 3.8) is 0 Å². The van der Waals surface area contributed by atoms with Gasteiger partial charge in [-0.3, -0.25) is 14.4 Å². The van der Waals surface area contributed by atoms with Gasteiger partial charge >= 0.3 is 0 Å². The number of carbonyl (C=O) groups is 1. The van der Waals surface area contributed by atoms with Gasteiger partial charge in [-0.2, -0.15) is 0 Å². The summed E-state index contributed by atoms with van der Waals surface area (Å²) in [6, 6.07) is 10.0. The first-order valence-corrected chi connectivity index (χ1v) is 11.7. The molecule has 1 saturated heterocycles. The van der Waals surface area contributed by atoms with Crippen LogP contribution >= 0.6 is 0 Å². The summed E-state index contributed by atoms with van der Waals surface area (Å²) in [7, 11) is 0. The number of hydrogen-bond acceptors (Lipinski definition) is 5. The van der Waals surface area contributed by atoms with Crippen molar-refractivity contribution >= 4 is 17.3 Å². The highest BCUT2D eigenvalue weighted by Crippen LogP contribution is 2.31. The average Bonchev–Trinajstić information content (AvgIpc) is 2.82. The SMILES string of the molecule is C[C@H](NC(=O)C1CCC(CNc2c(N3CCCCC3)c(=O)c2=O)CC1)c1ccccc1. The van der Waals surface area contributed by atoms with Crippen LogP contribution in [-0.2, 0) is 4.79 Å². The number of rotatable bonds is 7. The molecule has 2 aromatic rings. The van der Waals surface area contributed by atoms with Crippen LogP contribution in [0.15, 0.2) is 39.9 Å². The Morgan fingerprint density at radius 3 is 2.35 bits per heavy atom. The van der Waals surface area contributed by atoms with Crippen molar-refractivity contribution in [2.45, 2.75) is 57.9 Å². The molecule has 1 saturated carbocycles. The zero-order valence-electron chi connectivity index (χ0n) is 18.4. The molecule has 0 bridgehead atoms. The molecule has 6 heteroatoms. The number of anilines is 2. The van der Waals surface area contributed by atoms with E-state index in [1.54, 1.807) is 0 Å². The van der Waals surface area contributed by atoms with E-state index in [0.29, 0.717) is 23.8 Å². The van der Waals surface area contributed by atoms with E-state index in [1.165, 1.54) is 6.42 Å². The first-order valence-electron chi connectivity index (χ1n) is 11.7. The number of carbonyl (C=O) groups excluding carboxylic acids is 1. The minimum Gasteiger partial charge on any atom is -0.380 e. The third kappa shape index (κ3) is 4.83. The van der Waals surface area contributed by atoms with Gasteiger partial charge in [0.25, 0.3) is 10.9 Å². The number of benzene rings is 1. The standard InChI is InChI=1S/C25H33N3O3/c1-17(19-8-4-2-5-9-19)27-25(31)20-12-10-18(11-13-20)16-26-21-22(24(30)23(21)29)28-14-6-3-7-15-28/h2,4-5,8-9,17-18,20,26H,3,6-7,10-16H2,1H3,(H,27,31)/t17-,18?,20?/m0/s1. The van der Waals surface area contributed by atoms with Gasteiger partial charge in [-0.05, 0) is 63.4 Å².